The zero-order valence-electron chi connectivity index (χ0n) is 17.0. The first-order valence-corrected chi connectivity index (χ1v) is 10.3. The van der Waals surface area contributed by atoms with Gasteiger partial charge in [-0.15, -0.1) is 0 Å². The maximum absolute atomic E-state index is 5.52. The highest BCUT2D eigenvalue weighted by Crippen LogP contribution is 2.19. The average molecular weight is 400 g/mol. The standard InChI is InChI=1S/C23H24N6O/c1-17-2-4-24-19(12-17)15-21-26-20(16-23(27-21)29-8-10-30-11-9-29)13-18-3-6-28-7-5-25-22(28)14-18/h2-7,12,14,16H,8-11,13,15H2,1H3. The fourth-order valence-electron chi connectivity index (χ4n) is 3.79. The van der Waals surface area contributed by atoms with E-state index in [0.29, 0.717) is 6.42 Å². The number of morpholine rings is 1. The summed E-state index contributed by atoms with van der Waals surface area (Å²) in [6.07, 6.45) is 9.00. The first-order valence-electron chi connectivity index (χ1n) is 10.3. The largest absolute Gasteiger partial charge is 0.378 e. The Kier molecular flexibility index (Phi) is 5.11. The van der Waals surface area contributed by atoms with E-state index in [1.165, 1.54) is 11.1 Å². The van der Waals surface area contributed by atoms with Gasteiger partial charge in [-0.05, 0) is 42.3 Å². The van der Waals surface area contributed by atoms with Gasteiger partial charge in [0.15, 0.2) is 0 Å². The Balaban J connectivity index is 1.47. The Hall–Kier alpha value is -3.32. The molecule has 0 aliphatic carbocycles. The molecule has 0 saturated carbocycles. The summed E-state index contributed by atoms with van der Waals surface area (Å²) in [5.74, 6) is 1.77. The van der Waals surface area contributed by atoms with E-state index in [4.69, 9.17) is 14.7 Å². The molecule has 0 amide bonds. The molecule has 4 aromatic heterocycles. The van der Waals surface area contributed by atoms with Crippen molar-refractivity contribution < 1.29 is 4.74 Å². The smallest absolute Gasteiger partial charge is 0.136 e. The van der Waals surface area contributed by atoms with Gasteiger partial charge in [0.1, 0.15) is 17.3 Å². The summed E-state index contributed by atoms with van der Waals surface area (Å²) in [4.78, 5) is 20.9. The van der Waals surface area contributed by atoms with Crippen LogP contribution in [0.2, 0.25) is 0 Å². The molecule has 1 aliphatic rings. The van der Waals surface area contributed by atoms with Gasteiger partial charge < -0.3 is 14.0 Å². The van der Waals surface area contributed by atoms with Crippen LogP contribution in [0.3, 0.4) is 0 Å². The molecule has 0 aromatic carbocycles. The van der Waals surface area contributed by atoms with Crippen molar-refractivity contribution in [1.29, 1.82) is 0 Å². The number of anilines is 1. The van der Waals surface area contributed by atoms with Gasteiger partial charge in [-0.3, -0.25) is 4.98 Å². The van der Waals surface area contributed by atoms with Gasteiger partial charge in [0.2, 0.25) is 0 Å². The van der Waals surface area contributed by atoms with Crippen LogP contribution in [0.5, 0.6) is 0 Å². The number of imidazole rings is 1. The monoisotopic (exact) mass is 400 g/mol. The highest BCUT2D eigenvalue weighted by atomic mass is 16.5. The molecule has 7 heteroatoms. The molecule has 0 N–H and O–H groups in total. The van der Waals surface area contributed by atoms with Crippen molar-refractivity contribution in [2.24, 2.45) is 0 Å². The second-order valence-electron chi connectivity index (χ2n) is 7.64. The van der Waals surface area contributed by atoms with E-state index < -0.39 is 0 Å². The van der Waals surface area contributed by atoms with Crippen LogP contribution in [0.4, 0.5) is 5.82 Å². The summed E-state index contributed by atoms with van der Waals surface area (Å²) in [7, 11) is 0. The van der Waals surface area contributed by atoms with Crippen LogP contribution in [-0.4, -0.2) is 50.6 Å². The number of aromatic nitrogens is 5. The molecule has 4 aromatic rings. The Labute approximate surface area is 175 Å². The first kappa shape index (κ1) is 18.7. The van der Waals surface area contributed by atoms with Crippen molar-refractivity contribution >= 4 is 11.5 Å². The molecule has 0 radical (unpaired) electrons. The third-order valence-corrected chi connectivity index (χ3v) is 5.31. The van der Waals surface area contributed by atoms with E-state index in [1.807, 2.05) is 35.3 Å². The predicted octanol–water partition coefficient (Wildman–Crippen LogP) is 2.85. The van der Waals surface area contributed by atoms with E-state index in [0.717, 1.165) is 61.4 Å². The summed E-state index contributed by atoms with van der Waals surface area (Å²) < 4.78 is 7.53. The van der Waals surface area contributed by atoms with Crippen LogP contribution in [0, 0.1) is 6.92 Å². The van der Waals surface area contributed by atoms with Gasteiger partial charge in [-0.25, -0.2) is 15.0 Å². The quantitative estimate of drug-likeness (QED) is 0.513. The van der Waals surface area contributed by atoms with Crippen LogP contribution >= 0.6 is 0 Å². The number of ether oxygens (including phenoxy) is 1. The molecule has 0 bridgehead atoms. The van der Waals surface area contributed by atoms with E-state index in [9.17, 15) is 0 Å². The van der Waals surface area contributed by atoms with Crippen LogP contribution in [-0.2, 0) is 17.6 Å². The van der Waals surface area contributed by atoms with E-state index in [1.54, 1.807) is 0 Å². The van der Waals surface area contributed by atoms with Crippen LogP contribution in [0.15, 0.2) is 55.1 Å². The number of rotatable bonds is 5. The Bertz CT molecular complexity index is 1170. The molecule has 5 rings (SSSR count). The van der Waals surface area contributed by atoms with Crippen LogP contribution < -0.4 is 4.90 Å². The van der Waals surface area contributed by atoms with Crippen molar-refractivity contribution in [3.8, 4) is 0 Å². The van der Waals surface area contributed by atoms with Crippen molar-refractivity contribution in [1.82, 2.24) is 24.3 Å². The van der Waals surface area contributed by atoms with Gasteiger partial charge in [-0.2, -0.15) is 0 Å². The number of hydrogen-bond acceptors (Lipinski definition) is 6. The van der Waals surface area contributed by atoms with E-state index in [-0.39, 0.29) is 0 Å². The number of hydrogen-bond donors (Lipinski definition) is 0. The van der Waals surface area contributed by atoms with Crippen molar-refractivity contribution in [2.75, 3.05) is 31.2 Å². The van der Waals surface area contributed by atoms with Crippen molar-refractivity contribution in [3.63, 3.8) is 0 Å². The molecule has 152 valence electrons. The maximum Gasteiger partial charge on any atom is 0.136 e. The SMILES string of the molecule is Cc1ccnc(Cc2nc(Cc3ccn4ccnc4c3)cc(N3CCOCC3)n2)c1. The van der Waals surface area contributed by atoms with Gasteiger partial charge in [-0.1, -0.05) is 0 Å². The van der Waals surface area contributed by atoms with Crippen LogP contribution in [0.25, 0.3) is 5.65 Å². The average Bonchev–Trinajstić information content (AvgIpc) is 3.22. The number of fused-ring (bicyclic) bond motifs is 1. The number of nitrogens with zero attached hydrogens (tertiary/aromatic N) is 6. The summed E-state index contributed by atoms with van der Waals surface area (Å²) in [5, 5.41) is 0. The molecule has 1 saturated heterocycles. The molecule has 1 aliphatic heterocycles. The van der Waals surface area contributed by atoms with E-state index in [2.05, 4.69) is 46.1 Å². The summed E-state index contributed by atoms with van der Waals surface area (Å²) in [5.41, 5.74) is 5.31. The van der Waals surface area contributed by atoms with Gasteiger partial charge in [0, 0.05) is 56.1 Å². The highest BCUT2D eigenvalue weighted by Gasteiger charge is 2.16. The first-order chi connectivity index (χ1) is 14.7. The van der Waals surface area contributed by atoms with Crippen molar-refractivity contribution in [3.05, 3.63) is 83.5 Å². The second-order valence-corrected chi connectivity index (χ2v) is 7.64. The molecule has 0 unspecified atom stereocenters. The third kappa shape index (κ3) is 4.16. The minimum atomic E-state index is 0.617. The zero-order valence-corrected chi connectivity index (χ0v) is 17.0. The van der Waals surface area contributed by atoms with Gasteiger partial charge >= 0.3 is 0 Å². The lowest BCUT2D eigenvalue weighted by Crippen LogP contribution is -2.37. The lowest BCUT2D eigenvalue weighted by Gasteiger charge is -2.28. The minimum Gasteiger partial charge on any atom is -0.378 e. The van der Waals surface area contributed by atoms with E-state index >= 15 is 0 Å². The number of aryl methyl sites for hydroxylation is 1. The summed E-state index contributed by atoms with van der Waals surface area (Å²) >= 11 is 0. The lowest BCUT2D eigenvalue weighted by molar-refractivity contribution is 0.122. The second kappa shape index (κ2) is 8.20. The molecule has 0 atom stereocenters. The summed E-state index contributed by atoms with van der Waals surface area (Å²) in [6.45, 7) is 5.22. The maximum atomic E-state index is 5.52. The molecule has 0 spiro atoms. The predicted molar refractivity (Wildman–Crippen MR) is 115 cm³/mol. The Morgan fingerprint density at radius 3 is 2.67 bits per heavy atom. The molecule has 7 nitrogen and oxygen atoms in total. The fraction of sp³-hybridized carbons (Fsp3) is 0.304. The normalized spacial score (nSPS) is 14.4. The molecule has 30 heavy (non-hydrogen) atoms. The Morgan fingerprint density at radius 1 is 0.900 bits per heavy atom. The topological polar surface area (TPSA) is 68.4 Å². The molecule has 1 fully saturated rings. The van der Waals surface area contributed by atoms with Gasteiger partial charge in [0.25, 0.3) is 0 Å². The Morgan fingerprint density at radius 2 is 1.80 bits per heavy atom. The molecular weight excluding hydrogens is 376 g/mol. The molecule has 5 heterocycles. The zero-order chi connectivity index (χ0) is 20.3. The third-order valence-electron chi connectivity index (χ3n) is 5.31. The van der Waals surface area contributed by atoms with Crippen molar-refractivity contribution in [2.45, 2.75) is 19.8 Å². The fourth-order valence-corrected chi connectivity index (χ4v) is 3.79. The lowest BCUT2D eigenvalue weighted by atomic mass is 10.1. The molecular formula is C23H24N6O. The van der Waals surface area contributed by atoms with Gasteiger partial charge in [0.05, 0.1) is 25.3 Å². The summed E-state index contributed by atoms with van der Waals surface area (Å²) in [6, 6.07) is 10.4. The van der Waals surface area contributed by atoms with Crippen LogP contribution in [0.1, 0.15) is 28.3 Å². The number of pyridine rings is 2. The highest BCUT2D eigenvalue weighted by molar-refractivity contribution is 5.45. The minimum absolute atomic E-state index is 0.617.